The molecule has 0 bridgehead atoms. The number of ether oxygens (including phenoxy) is 1. The van der Waals surface area contributed by atoms with Crippen molar-refractivity contribution in [3.8, 4) is 5.75 Å². The molecule has 0 unspecified atom stereocenters. The van der Waals surface area contributed by atoms with Gasteiger partial charge >= 0.3 is 0 Å². The van der Waals surface area contributed by atoms with Crippen LogP contribution in [0.25, 0.3) is 0 Å². The molecule has 4 rings (SSSR count). The molecule has 1 saturated carbocycles. The highest BCUT2D eigenvalue weighted by atomic mass is 16.5. The number of fused-ring (bicyclic) bond motifs is 1. The van der Waals surface area contributed by atoms with Gasteiger partial charge in [0.25, 0.3) is 5.91 Å². The molecule has 2 aromatic rings. The Hall–Kier alpha value is -2.33. The van der Waals surface area contributed by atoms with Gasteiger partial charge in [-0.15, -0.1) is 0 Å². The van der Waals surface area contributed by atoms with Gasteiger partial charge in [-0.2, -0.15) is 0 Å². The molecule has 30 heavy (non-hydrogen) atoms. The minimum Gasteiger partial charge on any atom is -0.493 e. The number of likely N-dealkylation sites (N-methyl/N-ethyl adjacent to an activating group) is 1. The van der Waals surface area contributed by atoms with Gasteiger partial charge < -0.3 is 15.0 Å². The molecule has 1 atom stereocenters. The lowest BCUT2D eigenvalue weighted by molar-refractivity contribution is 0.0737. The molecule has 1 N–H and O–H groups in total. The average Bonchev–Trinajstić information content (AvgIpc) is 3.48. The summed E-state index contributed by atoms with van der Waals surface area (Å²) < 4.78 is 5.79. The van der Waals surface area contributed by atoms with E-state index in [-0.39, 0.29) is 11.9 Å². The standard InChI is InChI=1S/C26H34N2O2/c1-18(2)15-27-16-20-6-7-22-13-24(14-23(22)12-20)28(3)26(29)21-8-10-25(11-9-21)30-17-19-4-5-19/h6-12,18-19,24,27H,4-5,13-17H2,1-3H3/t24-/m1/s1. The van der Waals surface area contributed by atoms with Crippen LogP contribution in [0.15, 0.2) is 42.5 Å². The second-order valence-electron chi connectivity index (χ2n) is 9.38. The van der Waals surface area contributed by atoms with E-state index in [1.165, 1.54) is 29.5 Å². The first-order valence-corrected chi connectivity index (χ1v) is 11.3. The minimum atomic E-state index is 0.0837. The maximum Gasteiger partial charge on any atom is 0.253 e. The van der Waals surface area contributed by atoms with Gasteiger partial charge in [-0.3, -0.25) is 4.79 Å². The first-order chi connectivity index (χ1) is 14.5. The first-order valence-electron chi connectivity index (χ1n) is 11.3. The van der Waals surface area contributed by atoms with E-state index in [4.69, 9.17) is 4.74 Å². The summed E-state index contributed by atoms with van der Waals surface area (Å²) in [5, 5.41) is 3.51. The van der Waals surface area contributed by atoms with Crippen LogP contribution in [0.5, 0.6) is 5.75 Å². The molecule has 0 heterocycles. The lowest BCUT2D eigenvalue weighted by Crippen LogP contribution is -2.37. The fraction of sp³-hybridized carbons (Fsp3) is 0.500. The Labute approximate surface area is 180 Å². The number of amides is 1. The lowest BCUT2D eigenvalue weighted by atomic mass is 10.1. The molecule has 160 valence electrons. The highest BCUT2D eigenvalue weighted by molar-refractivity contribution is 5.94. The van der Waals surface area contributed by atoms with Crippen LogP contribution in [-0.2, 0) is 19.4 Å². The molecule has 2 aromatic carbocycles. The van der Waals surface area contributed by atoms with E-state index < -0.39 is 0 Å². The third-order valence-electron chi connectivity index (χ3n) is 6.22. The number of carbonyl (C=O) groups is 1. The van der Waals surface area contributed by atoms with Crippen molar-refractivity contribution in [2.75, 3.05) is 20.2 Å². The summed E-state index contributed by atoms with van der Waals surface area (Å²) in [5.41, 5.74) is 4.81. The van der Waals surface area contributed by atoms with Crippen molar-refractivity contribution < 1.29 is 9.53 Å². The number of carbonyl (C=O) groups excluding carboxylic acids is 1. The molecular formula is C26H34N2O2. The predicted octanol–water partition coefficient (Wildman–Crippen LogP) is 4.46. The van der Waals surface area contributed by atoms with Crippen LogP contribution < -0.4 is 10.1 Å². The molecule has 0 aliphatic heterocycles. The number of hydrogen-bond acceptors (Lipinski definition) is 3. The highest BCUT2D eigenvalue weighted by Gasteiger charge is 2.28. The lowest BCUT2D eigenvalue weighted by Gasteiger charge is -2.24. The topological polar surface area (TPSA) is 41.6 Å². The smallest absolute Gasteiger partial charge is 0.253 e. The number of rotatable bonds is 9. The monoisotopic (exact) mass is 406 g/mol. The third kappa shape index (κ3) is 5.23. The minimum absolute atomic E-state index is 0.0837. The molecule has 1 fully saturated rings. The van der Waals surface area contributed by atoms with E-state index >= 15 is 0 Å². The molecule has 0 spiro atoms. The number of nitrogens with one attached hydrogen (secondary N) is 1. The highest BCUT2D eigenvalue weighted by Crippen LogP contribution is 2.30. The van der Waals surface area contributed by atoms with Gasteiger partial charge in [-0.25, -0.2) is 0 Å². The van der Waals surface area contributed by atoms with Gasteiger partial charge in [0.05, 0.1) is 6.61 Å². The van der Waals surface area contributed by atoms with Gasteiger partial charge in [-0.05, 0) is 85.0 Å². The van der Waals surface area contributed by atoms with E-state index in [2.05, 4.69) is 37.4 Å². The summed E-state index contributed by atoms with van der Waals surface area (Å²) in [6, 6.07) is 14.6. The van der Waals surface area contributed by atoms with Crippen LogP contribution in [0.2, 0.25) is 0 Å². The van der Waals surface area contributed by atoms with Crippen molar-refractivity contribution in [3.63, 3.8) is 0 Å². The summed E-state index contributed by atoms with van der Waals surface area (Å²) in [6.45, 7) is 7.17. The Morgan fingerprint density at radius 2 is 1.83 bits per heavy atom. The summed E-state index contributed by atoms with van der Waals surface area (Å²) in [5.74, 6) is 2.32. The Balaban J connectivity index is 1.33. The van der Waals surface area contributed by atoms with Gasteiger partial charge in [0.2, 0.25) is 0 Å². The van der Waals surface area contributed by atoms with Crippen LogP contribution in [-0.4, -0.2) is 37.0 Å². The molecule has 2 aliphatic rings. The maximum absolute atomic E-state index is 13.0. The van der Waals surface area contributed by atoms with E-state index in [0.717, 1.165) is 49.8 Å². The second kappa shape index (κ2) is 9.22. The van der Waals surface area contributed by atoms with E-state index in [0.29, 0.717) is 5.92 Å². The Morgan fingerprint density at radius 1 is 1.10 bits per heavy atom. The Morgan fingerprint density at radius 3 is 2.53 bits per heavy atom. The summed E-state index contributed by atoms with van der Waals surface area (Å²) >= 11 is 0. The molecule has 0 radical (unpaired) electrons. The molecule has 0 saturated heterocycles. The van der Waals surface area contributed by atoms with E-state index in [1.807, 2.05) is 36.2 Å². The average molecular weight is 407 g/mol. The number of nitrogens with zero attached hydrogens (tertiary/aromatic N) is 1. The van der Waals surface area contributed by atoms with Gasteiger partial charge in [0.15, 0.2) is 0 Å². The molecule has 1 amide bonds. The quantitative estimate of drug-likeness (QED) is 0.668. The summed E-state index contributed by atoms with van der Waals surface area (Å²) in [4.78, 5) is 14.9. The molecule has 4 heteroatoms. The first kappa shape index (κ1) is 20.9. The normalized spacial score (nSPS) is 17.8. The van der Waals surface area contributed by atoms with Crippen LogP contribution >= 0.6 is 0 Å². The third-order valence-corrected chi connectivity index (χ3v) is 6.22. The largest absolute Gasteiger partial charge is 0.493 e. The number of benzene rings is 2. The zero-order valence-electron chi connectivity index (χ0n) is 18.5. The zero-order chi connectivity index (χ0) is 21.1. The number of hydrogen-bond donors (Lipinski definition) is 1. The van der Waals surface area contributed by atoms with Crippen LogP contribution in [0, 0.1) is 11.8 Å². The predicted molar refractivity (Wildman–Crippen MR) is 121 cm³/mol. The molecule has 2 aliphatic carbocycles. The fourth-order valence-electron chi connectivity index (χ4n) is 4.10. The van der Waals surface area contributed by atoms with E-state index in [1.54, 1.807) is 0 Å². The van der Waals surface area contributed by atoms with E-state index in [9.17, 15) is 4.79 Å². The van der Waals surface area contributed by atoms with Crippen molar-refractivity contribution in [1.29, 1.82) is 0 Å². The van der Waals surface area contributed by atoms with Crippen molar-refractivity contribution in [2.24, 2.45) is 11.8 Å². The van der Waals surface area contributed by atoms with Gasteiger partial charge in [-0.1, -0.05) is 32.0 Å². The summed E-state index contributed by atoms with van der Waals surface area (Å²) in [7, 11) is 1.93. The van der Waals surface area contributed by atoms with Crippen LogP contribution in [0.3, 0.4) is 0 Å². The molecule has 0 aromatic heterocycles. The molecular weight excluding hydrogens is 372 g/mol. The molecule has 4 nitrogen and oxygen atoms in total. The van der Waals surface area contributed by atoms with Gasteiger partial charge in [0, 0.05) is 25.2 Å². The van der Waals surface area contributed by atoms with Crippen LogP contribution in [0.4, 0.5) is 0 Å². The van der Waals surface area contributed by atoms with Crippen LogP contribution in [0.1, 0.15) is 53.7 Å². The van der Waals surface area contributed by atoms with Crippen molar-refractivity contribution in [2.45, 2.75) is 52.1 Å². The van der Waals surface area contributed by atoms with Crippen molar-refractivity contribution in [3.05, 3.63) is 64.7 Å². The summed E-state index contributed by atoms with van der Waals surface area (Å²) in [6.07, 6.45) is 4.42. The zero-order valence-corrected chi connectivity index (χ0v) is 18.5. The second-order valence-corrected chi connectivity index (χ2v) is 9.38. The Bertz CT molecular complexity index is 871. The van der Waals surface area contributed by atoms with Crippen molar-refractivity contribution >= 4 is 5.91 Å². The fourth-order valence-corrected chi connectivity index (χ4v) is 4.10. The Kier molecular flexibility index (Phi) is 6.43. The maximum atomic E-state index is 13.0. The van der Waals surface area contributed by atoms with Crippen molar-refractivity contribution in [1.82, 2.24) is 10.2 Å². The van der Waals surface area contributed by atoms with Gasteiger partial charge in [0.1, 0.15) is 5.75 Å². The SMILES string of the molecule is CC(C)CNCc1ccc2c(c1)C[C@H](N(C)C(=O)c1ccc(OCC3CC3)cc1)C2.